The second-order valence-corrected chi connectivity index (χ2v) is 6.37. The first-order valence-corrected chi connectivity index (χ1v) is 6.84. The minimum Gasteiger partial charge on any atom is -0.317 e. The molecule has 16 heavy (non-hydrogen) atoms. The molecule has 0 saturated heterocycles. The Balaban J connectivity index is 1.91. The SMILES string of the molecule is O=C1CCC(C(=O)Nc2ccc(Br)s2)CC1. The molecule has 2 rings (SSSR count). The maximum absolute atomic E-state index is 11.9. The highest BCUT2D eigenvalue weighted by molar-refractivity contribution is 9.11. The van der Waals surface area contributed by atoms with Gasteiger partial charge < -0.3 is 5.32 Å². The van der Waals surface area contributed by atoms with Gasteiger partial charge in [0, 0.05) is 18.8 Å². The average molecular weight is 302 g/mol. The number of nitrogens with one attached hydrogen (secondary N) is 1. The van der Waals surface area contributed by atoms with Gasteiger partial charge in [-0.3, -0.25) is 9.59 Å². The molecular formula is C11H12BrNO2S. The summed E-state index contributed by atoms with van der Waals surface area (Å²) in [7, 11) is 0. The Morgan fingerprint density at radius 2 is 2.06 bits per heavy atom. The van der Waals surface area contributed by atoms with Crippen LogP contribution in [0.3, 0.4) is 0 Å². The van der Waals surface area contributed by atoms with E-state index in [1.165, 1.54) is 11.3 Å². The van der Waals surface area contributed by atoms with Gasteiger partial charge in [0.1, 0.15) is 5.78 Å². The molecule has 1 aliphatic carbocycles. The Hall–Kier alpha value is -0.680. The molecule has 0 radical (unpaired) electrons. The number of ketones is 1. The van der Waals surface area contributed by atoms with Crippen LogP contribution in [-0.4, -0.2) is 11.7 Å². The highest BCUT2D eigenvalue weighted by Crippen LogP contribution is 2.28. The lowest BCUT2D eigenvalue weighted by atomic mass is 9.88. The van der Waals surface area contributed by atoms with Crippen LogP contribution in [0.25, 0.3) is 0 Å². The number of anilines is 1. The molecule has 5 heteroatoms. The molecular weight excluding hydrogens is 290 g/mol. The molecule has 0 unspecified atom stereocenters. The predicted molar refractivity (Wildman–Crippen MR) is 67.6 cm³/mol. The van der Waals surface area contributed by atoms with Crippen LogP contribution in [0.2, 0.25) is 0 Å². The largest absolute Gasteiger partial charge is 0.317 e. The molecule has 1 aliphatic rings. The average Bonchev–Trinajstić information content (AvgIpc) is 2.65. The molecule has 1 N–H and O–H groups in total. The number of halogens is 1. The number of carbonyl (C=O) groups excluding carboxylic acids is 2. The molecule has 0 aromatic carbocycles. The van der Waals surface area contributed by atoms with E-state index < -0.39 is 0 Å². The number of thiophene rings is 1. The molecule has 3 nitrogen and oxygen atoms in total. The zero-order valence-corrected chi connectivity index (χ0v) is 11.1. The van der Waals surface area contributed by atoms with E-state index in [0.717, 1.165) is 8.79 Å². The second kappa shape index (κ2) is 5.10. The summed E-state index contributed by atoms with van der Waals surface area (Å²) in [5.41, 5.74) is 0. The maximum Gasteiger partial charge on any atom is 0.228 e. The molecule has 86 valence electrons. The van der Waals surface area contributed by atoms with Gasteiger partial charge in [0.15, 0.2) is 0 Å². The number of hydrogen-bond donors (Lipinski definition) is 1. The van der Waals surface area contributed by atoms with Gasteiger partial charge in [0.2, 0.25) is 5.91 Å². The predicted octanol–water partition coefficient (Wildman–Crippen LogP) is 3.21. The summed E-state index contributed by atoms with van der Waals surface area (Å²) in [6.45, 7) is 0. The molecule has 1 saturated carbocycles. The third-order valence-corrected chi connectivity index (χ3v) is 4.27. The van der Waals surface area contributed by atoms with Crippen LogP contribution in [0.15, 0.2) is 15.9 Å². The zero-order valence-electron chi connectivity index (χ0n) is 8.66. The minimum atomic E-state index is -0.00132. The summed E-state index contributed by atoms with van der Waals surface area (Å²) >= 11 is 4.85. The van der Waals surface area contributed by atoms with E-state index in [4.69, 9.17) is 0 Å². The van der Waals surface area contributed by atoms with E-state index in [1.807, 2.05) is 12.1 Å². The first-order valence-electron chi connectivity index (χ1n) is 5.23. The number of rotatable bonds is 2. The molecule has 0 bridgehead atoms. The number of Topliss-reactive ketones (excluding diaryl/α,β-unsaturated/α-hetero) is 1. The lowest BCUT2D eigenvalue weighted by Crippen LogP contribution is -2.26. The third-order valence-electron chi connectivity index (χ3n) is 2.73. The number of amides is 1. The topological polar surface area (TPSA) is 46.2 Å². The first-order chi connectivity index (χ1) is 7.65. The highest BCUT2D eigenvalue weighted by Gasteiger charge is 2.24. The van der Waals surface area contributed by atoms with Crippen LogP contribution in [0, 0.1) is 5.92 Å². The van der Waals surface area contributed by atoms with Crippen molar-refractivity contribution in [1.29, 1.82) is 0 Å². The van der Waals surface area contributed by atoms with Crippen molar-refractivity contribution in [3.8, 4) is 0 Å². The second-order valence-electron chi connectivity index (χ2n) is 3.91. The van der Waals surface area contributed by atoms with Gasteiger partial charge in [-0.25, -0.2) is 0 Å². The van der Waals surface area contributed by atoms with Gasteiger partial charge in [0.25, 0.3) is 0 Å². The lowest BCUT2D eigenvalue weighted by Gasteiger charge is -2.19. The maximum atomic E-state index is 11.9. The van der Waals surface area contributed by atoms with Gasteiger partial charge in [-0.2, -0.15) is 0 Å². The summed E-state index contributed by atoms with van der Waals surface area (Å²) in [6.07, 6.45) is 2.48. The number of hydrogen-bond acceptors (Lipinski definition) is 3. The highest BCUT2D eigenvalue weighted by atomic mass is 79.9. The molecule has 1 aromatic heterocycles. The van der Waals surface area contributed by atoms with Gasteiger partial charge in [-0.1, -0.05) is 0 Å². The van der Waals surface area contributed by atoms with Crippen molar-refractivity contribution in [2.45, 2.75) is 25.7 Å². The lowest BCUT2D eigenvalue weighted by molar-refractivity contribution is -0.125. The summed E-state index contributed by atoms with van der Waals surface area (Å²) < 4.78 is 1.00. The molecule has 0 aliphatic heterocycles. The molecule has 1 aromatic rings. The van der Waals surface area contributed by atoms with Gasteiger partial charge >= 0.3 is 0 Å². The molecule has 0 spiro atoms. The summed E-state index contributed by atoms with van der Waals surface area (Å²) in [6, 6.07) is 3.78. The van der Waals surface area contributed by atoms with Crippen molar-refractivity contribution >= 4 is 44.0 Å². The zero-order chi connectivity index (χ0) is 11.5. The number of carbonyl (C=O) groups is 2. The van der Waals surface area contributed by atoms with E-state index in [0.29, 0.717) is 25.7 Å². The fourth-order valence-corrected chi connectivity index (χ4v) is 3.10. The Labute approximate surface area is 106 Å². The van der Waals surface area contributed by atoms with E-state index in [2.05, 4.69) is 21.2 Å². The van der Waals surface area contributed by atoms with E-state index >= 15 is 0 Å². The van der Waals surface area contributed by atoms with Gasteiger partial charge in [-0.05, 0) is 40.9 Å². The van der Waals surface area contributed by atoms with Crippen molar-refractivity contribution in [2.24, 2.45) is 5.92 Å². The van der Waals surface area contributed by atoms with Crippen molar-refractivity contribution in [2.75, 3.05) is 5.32 Å². The Morgan fingerprint density at radius 1 is 1.38 bits per heavy atom. The van der Waals surface area contributed by atoms with Crippen LogP contribution in [-0.2, 0) is 9.59 Å². The molecule has 1 fully saturated rings. The van der Waals surface area contributed by atoms with Crippen LogP contribution in [0.4, 0.5) is 5.00 Å². The quantitative estimate of drug-likeness (QED) is 0.912. The van der Waals surface area contributed by atoms with Crippen molar-refractivity contribution in [3.63, 3.8) is 0 Å². The Bertz CT molecular complexity index is 406. The summed E-state index contributed by atoms with van der Waals surface area (Å²) in [5, 5.41) is 3.74. The van der Waals surface area contributed by atoms with Crippen molar-refractivity contribution in [3.05, 3.63) is 15.9 Å². The summed E-state index contributed by atoms with van der Waals surface area (Å²) in [5.74, 6) is 0.323. The third kappa shape index (κ3) is 2.92. The Morgan fingerprint density at radius 3 is 2.62 bits per heavy atom. The molecule has 1 heterocycles. The molecule has 0 atom stereocenters. The smallest absolute Gasteiger partial charge is 0.228 e. The molecule has 1 amide bonds. The minimum absolute atomic E-state index is 0.00132. The van der Waals surface area contributed by atoms with Gasteiger partial charge in [-0.15, -0.1) is 11.3 Å². The van der Waals surface area contributed by atoms with Crippen molar-refractivity contribution in [1.82, 2.24) is 0 Å². The van der Waals surface area contributed by atoms with Crippen LogP contribution < -0.4 is 5.32 Å². The standard InChI is InChI=1S/C11H12BrNO2S/c12-9-5-6-10(16-9)13-11(15)7-1-3-8(14)4-2-7/h5-7H,1-4H2,(H,13,15). The first kappa shape index (κ1) is 11.8. The fraction of sp³-hybridized carbons (Fsp3) is 0.455. The van der Waals surface area contributed by atoms with E-state index in [-0.39, 0.29) is 17.6 Å². The monoisotopic (exact) mass is 301 g/mol. The van der Waals surface area contributed by atoms with Crippen molar-refractivity contribution < 1.29 is 9.59 Å². The van der Waals surface area contributed by atoms with Crippen LogP contribution in [0.5, 0.6) is 0 Å². The van der Waals surface area contributed by atoms with Crippen LogP contribution in [0.1, 0.15) is 25.7 Å². The normalized spacial score (nSPS) is 17.4. The van der Waals surface area contributed by atoms with E-state index in [9.17, 15) is 9.59 Å². The van der Waals surface area contributed by atoms with Crippen LogP contribution >= 0.6 is 27.3 Å². The summed E-state index contributed by atoms with van der Waals surface area (Å²) in [4.78, 5) is 22.9. The van der Waals surface area contributed by atoms with Gasteiger partial charge in [0.05, 0.1) is 8.79 Å². The fourth-order valence-electron chi connectivity index (χ4n) is 1.81. The Kier molecular flexibility index (Phi) is 3.76. The van der Waals surface area contributed by atoms with E-state index in [1.54, 1.807) is 0 Å².